The van der Waals surface area contributed by atoms with Crippen molar-refractivity contribution in [3.63, 3.8) is 0 Å². The molecule has 0 fully saturated rings. The molecule has 0 aliphatic rings. The maximum absolute atomic E-state index is 10.6. The number of hydrogen-bond acceptors (Lipinski definition) is 3. The summed E-state index contributed by atoms with van der Waals surface area (Å²) in [5.41, 5.74) is 1.13. The van der Waals surface area contributed by atoms with Crippen LogP contribution in [0, 0.1) is 0 Å². The minimum absolute atomic E-state index is 0.439. The van der Waals surface area contributed by atoms with E-state index in [2.05, 4.69) is 15.9 Å². The Morgan fingerprint density at radius 2 is 1.62 bits per heavy atom. The van der Waals surface area contributed by atoms with Crippen molar-refractivity contribution >= 4 is 39.1 Å². The summed E-state index contributed by atoms with van der Waals surface area (Å²) in [6, 6.07) is 8.39. The Kier molecular flexibility index (Phi) is 5.38. The van der Waals surface area contributed by atoms with E-state index >= 15 is 0 Å². The van der Waals surface area contributed by atoms with Gasteiger partial charge in [0.25, 0.3) is 0 Å². The summed E-state index contributed by atoms with van der Waals surface area (Å²) in [6.07, 6.45) is -0.939. The highest BCUT2D eigenvalue weighted by Crippen LogP contribution is 2.39. The molecular weight excluding hydrogens is 379 g/mol. The van der Waals surface area contributed by atoms with E-state index in [0.29, 0.717) is 37.1 Å². The van der Waals surface area contributed by atoms with Gasteiger partial charge in [-0.3, -0.25) is 0 Å². The molecule has 0 amide bonds. The van der Waals surface area contributed by atoms with Crippen molar-refractivity contribution in [3.05, 3.63) is 56.0 Å². The van der Waals surface area contributed by atoms with E-state index in [1.54, 1.807) is 37.4 Å². The number of aliphatic hydroxyl groups excluding tert-OH is 1. The zero-order chi connectivity index (χ0) is 15.6. The summed E-state index contributed by atoms with van der Waals surface area (Å²) in [7, 11) is 3.09. The van der Waals surface area contributed by atoms with E-state index < -0.39 is 6.10 Å². The Balaban J connectivity index is 2.52. The predicted molar refractivity (Wildman–Crippen MR) is 87.8 cm³/mol. The van der Waals surface area contributed by atoms with E-state index in [9.17, 15) is 5.11 Å². The lowest BCUT2D eigenvalue weighted by Gasteiger charge is -2.17. The van der Waals surface area contributed by atoms with Gasteiger partial charge in [-0.2, -0.15) is 0 Å². The zero-order valence-corrected chi connectivity index (χ0v) is 14.5. The third kappa shape index (κ3) is 3.46. The highest BCUT2D eigenvalue weighted by molar-refractivity contribution is 9.10. The summed E-state index contributed by atoms with van der Waals surface area (Å²) in [4.78, 5) is 0. The highest BCUT2D eigenvalue weighted by Gasteiger charge is 2.20. The van der Waals surface area contributed by atoms with Crippen LogP contribution < -0.4 is 9.47 Å². The van der Waals surface area contributed by atoms with E-state index in [4.69, 9.17) is 32.7 Å². The lowest BCUT2D eigenvalue weighted by Crippen LogP contribution is -2.03. The van der Waals surface area contributed by atoms with Crippen molar-refractivity contribution in [1.82, 2.24) is 0 Å². The molecule has 3 nitrogen and oxygen atoms in total. The summed E-state index contributed by atoms with van der Waals surface area (Å²) in [5.74, 6) is 1.09. The van der Waals surface area contributed by atoms with Crippen LogP contribution in [0.2, 0.25) is 10.0 Å². The van der Waals surface area contributed by atoms with Crippen LogP contribution in [0.5, 0.6) is 11.5 Å². The Morgan fingerprint density at radius 1 is 1.00 bits per heavy atom. The van der Waals surface area contributed by atoms with E-state index in [1.165, 1.54) is 7.11 Å². The van der Waals surface area contributed by atoms with Gasteiger partial charge in [-0.25, -0.2) is 0 Å². The molecule has 0 heterocycles. The van der Waals surface area contributed by atoms with Crippen molar-refractivity contribution in [2.75, 3.05) is 14.2 Å². The fourth-order valence-electron chi connectivity index (χ4n) is 1.97. The second kappa shape index (κ2) is 6.88. The van der Waals surface area contributed by atoms with Crippen molar-refractivity contribution in [1.29, 1.82) is 0 Å². The molecule has 21 heavy (non-hydrogen) atoms. The Bertz CT molecular complexity index is 662. The first kappa shape index (κ1) is 16.4. The summed E-state index contributed by atoms with van der Waals surface area (Å²) in [5, 5.41) is 11.5. The van der Waals surface area contributed by atoms with Gasteiger partial charge in [0.1, 0.15) is 6.10 Å². The Labute approximate surface area is 141 Å². The molecule has 0 aliphatic heterocycles. The van der Waals surface area contributed by atoms with Gasteiger partial charge >= 0.3 is 0 Å². The van der Waals surface area contributed by atoms with Gasteiger partial charge in [0.2, 0.25) is 0 Å². The highest BCUT2D eigenvalue weighted by atomic mass is 79.9. The van der Waals surface area contributed by atoms with E-state index in [1.807, 2.05) is 0 Å². The molecule has 0 saturated heterocycles. The number of hydrogen-bond donors (Lipinski definition) is 1. The molecule has 1 N–H and O–H groups in total. The van der Waals surface area contributed by atoms with Crippen LogP contribution in [0.1, 0.15) is 17.2 Å². The first-order valence-electron chi connectivity index (χ1n) is 6.02. The van der Waals surface area contributed by atoms with Crippen LogP contribution in [-0.2, 0) is 0 Å². The van der Waals surface area contributed by atoms with Crippen LogP contribution in [0.3, 0.4) is 0 Å². The van der Waals surface area contributed by atoms with Crippen molar-refractivity contribution in [2.45, 2.75) is 6.10 Å². The molecule has 0 aliphatic carbocycles. The Morgan fingerprint density at radius 3 is 2.24 bits per heavy atom. The molecule has 0 aromatic heterocycles. The number of halogens is 3. The second-order valence-electron chi connectivity index (χ2n) is 4.30. The van der Waals surface area contributed by atoms with Crippen molar-refractivity contribution in [3.8, 4) is 11.5 Å². The fraction of sp³-hybridized carbons (Fsp3) is 0.200. The smallest absolute Gasteiger partial charge is 0.161 e. The molecule has 0 bridgehead atoms. The molecule has 2 rings (SSSR count). The fourth-order valence-corrected chi connectivity index (χ4v) is 2.91. The van der Waals surface area contributed by atoms with Gasteiger partial charge in [0, 0.05) is 25.6 Å². The molecule has 112 valence electrons. The SMILES string of the molecule is COc1cc(Br)c(C(O)c2cc(Cl)ccc2Cl)cc1OC. The maximum atomic E-state index is 10.6. The molecule has 1 atom stereocenters. The molecule has 1 unspecified atom stereocenters. The quantitative estimate of drug-likeness (QED) is 0.809. The third-order valence-corrected chi connectivity index (χ3v) is 4.32. The molecule has 2 aromatic carbocycles. The van der Waals surface area contributed by atoms with Crippen LogP contribution in [0.15, 0.2) is 34.8 Å². The minimum Gasteiger partial charge on any atom is -0.493 e. The zero-order valence-electron chi connectivity index (χ0n) is 11.4. The molecule has 0 saturated carbocycles. The molecule has 2 aromatic rings. The number of methoxy groups -OCH3 is 2. The first-order valence-corrected chi connectivity index (χ1v) is 7.57. The molecular formula is C15H13BrCl2O3. The molecule has 6 heteroatoms. The van der Waals surface area contributed by atoms with Crippen molar-refractivity contribution < 1.29 is 14.6 Å². The summed E-state index contributed by atoms with van der Waals surface area (Å²) >= 11 is 15.5. The topological polar surface area (TPSA) is 38.7 Å². The van der Waals surface area contributed by atoms with Crippen LogP contribution >= 0.6 is 39.1 Å². The van der Waals surface area contributed by atoms with Crippen LogP contribution in [0.25, 0.3) is 0 Å². The number of ether oxygens (including phenoxy) is 2. The van der Waals surface area contributed by atoms with Gasteiger partial charge in [-0.1, -0.05) is 39.1 Å². The van der Waals surface area contributed by atoms with Crippen LogP contribution in [0.4, 0.5) is 0 Å². The number of aliphatic hydroxyl groups is 1. The number of benzene rings is 2. The van der Waals surface area contributed by atoms with Gasteiger partial charge in [0.15, 0.2) is 11.5 Å². The lowest BCUT2D eigenvalue weighted by atomic mass is 10.0. The average molecular weight is 392 g/mol. The number of rotatable bonds is 4. The van der Waals surface area contributed by atoms with Crippen molar-refractivity contribution in [2.24, 2.45) is 0 Å². The van der Waals surface area contributed by atoms with E-state index in [-0.39, 0.29) is 0 Å². The molecule has 0 spiro atoms. The first-order chi connectivity index (χ1) is 9.97. The normalized spacial score (nSPS) is 12.1. The van der Waals surface area contributed by atoms with Crippen LogP contribution in [-0.4, -0.2) is 19.3 Å². The Hall–Kier alpha value is -0.940. The minimum atomic E-state index is -0.939. The lowest BCUT2D eigenvalue weighted by molar-refractivity contribution is 0.218. The maximum Gasteiger partial charge on any atom is 0.161 e. The largest absolute Gasteiger partial charge is 0.493 e. The average Bonchev–Trinajstić information content (AvgIpc) is 2.48. The van der Waals surface area contributed by atoms with Gasteiger partial charge in [-0.15, -0.1) is 0 Å². The second-order valence-corrected chi connectivity index (χ2v) is 6.00. The molecule has 0 radical (unpaired) electrons. The monoisotopic (exact) mass is 390 g/mol. The predicted octanol–water partition coefficient (Wildman–Crippen LogP) is 4.85. The summed E-state index contributed by atoms with van der Waals surface area (Å²) in [6.45, 7) is 0. The van der Waals surface area contributed by atoms with Gasteiger partial charge in [-0.05, 0) is 30.3 Å². The standard InChI is InChI=1S/C15H13BrCl2O3/c1-20-13-6-9(11(16)7-14(13)21-2)15(19)10-5-8(17)3-4-12(10)18/h3-7,15,19H,1-2H3. The van der Waals surface area contributed by atoms with Gasteiger partial charge in [0.05, 0.1) is 14.2 Å². The summed E-state index contributed by atoms with van der Waals surface area (Å²) < 4.78 is 11.2. The third-order valence-electron chi connectivity index (χ3n) is 3.05. The van der Waals surface area contributed by atoms with Gasteiger partial charge < -0.3 is 14.6 Å². The van der Waals surface area contributed by atoms with E-state index in [0.717, 1.165) is 0 Å².